The Morgan fingerprint density at radius 1 is 1.07 bits per heavy atom. The highest BCUT2D eigenvalue weighted by Gasteiger charge is 2.09. The Balaban J connectivity index is 1.50. The summed E-state index contributed by atoms with van der Waals surface area (Å²) >= 11 is 7.53. The van der Waals surface area contributed by atoms with Crippen molar-refractivity contribution in [2.75, 3.05) is 12.3 Å². The van der Waals surface area contributed by atoms with Crippen molar-refractivity contribution >= 4 is 40.0 Å². The van der Waals surface area contributed by atoms with Gasteiger partial charge in [-0.3, -0.25) is 19.5 Å². The van der Waals surface area contributed by atoms with Gasteiger partial charge in [-0.1, -0.05) is 35.9 Å². The standard InChI is InChI=1S/C19H18ClN3O3S/c20-14-7-5-13(6-8-14)12-27-10-9-21-17(24)11-23-19(26)16-4-2-1-3-15(16)18(25)22-23/h1-8H,9-12H2,(H,21,24)(H,22,25). The van der Waals surface area contributed by atoms with Crippen molar-refractivity contribution in [2.45, 2.75) is 12.3 Å². The summed E-state index contributed by atoms with van der Waals surface area (Å²) in [7, 11) is 0. The normalized spacial score (nSPS) is 10.9. The van der Waals surface area contributed by atoms with Crippen LogP contribution in [-0.4, -0.2) is 28.0 Å². The lowest BCUT2D eigenvalue weighted by molar-refractivity contribution is -0.121. The molecular formula is C19H18ClN3O3S. The predicted molar refractivity (Wildman–Crippen MR) is 109 cm³/mol. The number of hydrogen-bond donors (Lipinski definition) is 2. The number of halogens is 1. The maximum absolute atomic E-state index is 12.4. The number of carbonyl (C=O) groups excluding carboxylic acids is 1. The molecule has 27 heavy (non-hydrogen) atoms. The molecule has 0 bridgehead atoms. The molecule has 8 heteroatoms. The Bertz CT molecular complexity index is 1060. The number of nitrogens with zero attached hydrogens (tertiary/aromatic N) is 1. The van der Waals surface area contributed by atoms with Crippen LogP contribution in [-0.2, 0) is 17.1 Å². The van der Waals surface area contributed by atoms with Crippen LogP contribution in [0.5, 0.6) is 0 Å². The molecule has 0 unspecified atom stereocenters. The fourth-order valence-corrected chi connectivity index (χ4v) is 3.54. The van der Waals surface area contributed by atoms with Gasteiger partial charge in [0.2, 0.25) is 5.91 Å². The number of aromatic nitrogens is 2. The second-order valence-electron chi connectivity index (χ2n) is 5.91. The second kappa shape index (κ2) is 8.92. The van der Waals surface area contributed by atoms with Gasteiger partial charge in [0.15, 0.2) is 0 Å². The molecule has 0 radical (unpaired) electrons. The molecule has 0 aliphatic carbocycles. The van der Waals surface area contributed by atoms with Crippen molar-refractivity contribution in [3.05, 3.63) is 79.8 Å². The number of benzene rings is 2. The molecule has 0 saturated heterocycles. The van der Waals surface area contributed by atoms with Gasteiger partial charge in [-0.05, 0) is 29.8 Å². The van der Waals surface area contributed by atoms with E-state index in [1.807, 2.05) is 24.3 Å². The SMILES string of the molecule is O=C(Cn1[nH]c(=O)c2ccccc2c1=O)NCCSCc1ccc(Cl)cc1. The smallest absolute Gasteiger partial charge is 0.273 e. The molecule has 0 aliphatic rings. The molecule has 0 atom stereocenters. The molecule has 0 aliphatic heterocycles. The van der Waals surface area contributed by atoms with Crippen molar-refractivity contribution in [1.29, 1.82) is 0 Å². The van der Waals surface area contributed by atoms with Gasteiger partial charge in [0.05, 0.1) is 10.8 Å². The fourth-order valence-electron chi connectivity index (χ4n) is 2.59. The molecule has 1 aromatic heterocycles. The van der Waals surface area contributed by atoms with Crippen LogP contribution in [0.25, 0.3) is 10.8 Å². The number of thioether (sulfide) groups is 1. The summed E-state index contributed by atoms with van der Waals surface area (Å²) < 4.78 is 1.04. The summed E-state index contributed by atoms with van der Waals surface area (Å²) in [5.74, 6) is 1.23. The van der Waals surface area contributed by atoms with Gasteiger partial charge in [-0.2, -0.15) is 11.8 Å². The van der Waals surface area contributed by atoms with Crippen LogP contribution in [0, 0.1) is 0 Å². The molecule has 1 amide bonds. The minimum absolute atomic E-state index is 0.221. The molecule has 1 heterocycles. The number of carbonyl (C=O) groups is 1. The summed E-state index contributed by atoms with van der Waals surface area (Å²) in [5, 5.41) is 6.53. The zero-order valence-corrected chi connectivity index (χ0v) is 16.0. The third-order valence-electron chi connectivity index (χ3n) is 3.94. The van der Waals surface area contributed by atoms with Crippen molar-refractivity contribution in [3.8, 4) is 0 Å². The van der Waals surface area contributed by atoms with E-state index in [-0.39, 0.29) is 12.5 Å². The molecule has 2 aromatic carbocycles. The highest BCUT2D eigenvalue weighted by molar-refractivity contribution is 7.98. The Labute approximate surface area is 164 Å². The lowest BCUT2D eigenvalue weighted by Crippen LogP contribution is -2.37. The number of hydrogen-bond acceptors (Lipinski definition) is 4. The van der Waals surface area contributed by atoms with E-state index in [0.29, 0.717) is 22.3 Å². The summed E-state index contributed by atoms with van der Waals surface area (Å²) in [5.41, 5.74) is 0.380. The van der Waals surface area contributed by atoms with E-state index in [1.165, 1.54) is 0 Å². The van der Waals surface area contributed by atoms with Gasteiger partial charge in [0.1, 0.15) is 6.54 Å². The summed E-state index contributed by atoms with van der Waals surface area (Å²) in [6, 6.07) is 14.2. The summed E-state index contributed by atoms with van der Waals surface area (Å²) in [6.07, 6.45) is 0. The highest BCUT2D eigenvalue weighted by Crippen LogP contribution is 2.14. The number of rotatable bonds is 7. The van der Waals surface area contributed by atoms with Crippen molar-refractivity contribution < 1.29 is 4.79 Å². The third-order valence-corrected chi connectivity index (χ3v) is 5.22. The van der Waals surface area contributed by atoms with Crippen LogP contribution in [0.3, 0.4) is 0 Å². The maximum Gasteiger partial charge on any atom is 0.273 e. The van der Waals surface area contributed by atoms with Crippen LogP contribution in [0.4, 0.5) is 0 Å². The Morgan fingerprint density at radius 2 is 1.78 bits per heavy atom. The van der Waals surface area contributed by atoms with Crippen LogP contribution in [0.2, 0.25) is 5.02 Å². The molecule has 3 aromatic rings. The highest BCUT2D eigenvalue weighted by atomic mass is 35.5. The number of fused-ring (bicyclic) bond motifs is 1. The van der Waals surface area contributed by atoms with Gasteiger partial charge in [0, 0.05) is 23.1 Å². The fraction of sp³-hybridized carbons (Fsp3) is 0.211. The molecule has 0 fully saturated rings. The first-order valence-electron chi connectivity index (χ1n) is 8.35. The first-order valence-corrected chi connectivity index (χ1v) is 9.88. The van der Waals surface area contributed by atoms with E-state index in [1.54, 1.807) is 36.0 Å². The van der Waals surface area contributed by atoms with Crippen LogP contribution < -0.4 is 16.4 Å². The van der Waals surface area contributed by atoms with E-state index in [2.05, 4.69) is 10.4 Å². The first-order chi connectivity index (χ1) is 13.0. The van der Waals surface area contributed by atoms with Crippen LogP contribution in [0.1, 0.15) is 5.56 Å². The van der Waals surface area contributed by atoms with E-state index < -0.39 is 11.1 Å². The molecule has 3 rings (SSSR count). The Hall–Kier alpha value is -2.51. The summed E-state index contributed by atoms with van der Waals surface area (Å²) in [6.45, 7) is 0.254. The molecular weight excluding hydrogens is 386 g/mol. The van der Waals surface area contributed by atoms with Crippen molar-refractivity contribution in [3.63, 3.8) is 0 Å². The second-order valence-corrected chi connectivity index (χ2v) is 7.45. The molecule has 140 valence electrons. The van der Waals surface area contributed by atoms with Crippen LogP contribution in [0.15, 0.2) is 58.1 Å². The zero-order chi connectivity index (χ0) is 19.2. The molecule has 0 saturated carbocycles. The van der Waals surface area contributed by atoms with Gasteiger partial charge in [0.25, 0.3) is 11.1 Å². The van der Waals surface area contributed by atoms with Crippen LogP contribution >= 0.6 is 23.4 Å². The lowest BCUT2D eigenvalue weighted by Gasteiger charge is -2.08. The Morgan fingerprint density at radius 3 is 2.52 bits per heavy atom. The number of H-pyrrole nitrogens is 1. The van der Waals surface area contributed by atoms with Gasteiger partial charge < -0.3 is 5.32 Å². The number of nitrogens with one attached hydrogen (secondary N) is 2. The summed E-state index contributed by atoms with van der Waals surface area (Å²) in [4.78, 5) is 36.5. The van der Waals surface area contributed by atoms with E-state index in [9.17, 15) is 14.4 Å². The Kier molecular flexibility index (Phi) is 6.36. The minimum atomic E-state index is -0.392. The average Bonchev–Trinajstić information content (AvgIpc) is 2.67. The zero-order valence-electron chi connectivity index (χ0n) is 14.4. The van der Waals surface area contributed by atoms with Gasteiger partial charge in [-0.25, -0.2) is 4.68 Å². The molecule has 6 nitrogen and oxygen atoms in total. The van der Waals surface area contributed by atoms with E-state index >= 15 is 0 Å². The molecule has 0 spiro atoms. The van der Waals surface area contributed by atoms with E-state index in [4.69, 9.17) is 11.6 Å². The van der Waals surface area contributed by atoms with E-state index in [0.717, 1.165) is 21.8 Å². The minimum Gasteiger partial charge on any atom is -0.354 e. The van der Waals surface area contributed by atoms with Crippen molar-refractivity contribution in [1.82, 2.24) is 15.1 Å². The maximum atomic E-state index is 12.4. The third kappa shape index (κ3) is 5.02. The topological polar surface area (TPSA) is 84.0 Å². The predicted octanol–water partition coefficient (Wildman–Crippen LogP) is 2.39. The molecule has 2 N–H and O–H groups in total. The number of aromatic amines is 1. The number of amides is 1. The van der Waals surface area contributed by atoms with Gasteiger partial charge in [-0.15, -0.1) is 0 Å². The average molecular weight is 404 g/mol. The first kappa shape index (κ1) is 19.3. The largest absolute Gasteiger partial charge is 0.354 e. The lowest BCUT2D eigenvalue weighted by atomic mass is 10.2. The van der Waals surface area contributed by atoms with Gasteiger partial charge >= 0.3 is 0 Å². The van der Waals surface area contributed by atoms with Crippen molar-refractivity contribution in [2.24, 2.45) is 0 Å². The monoisotopic (exact) mass is 403 g/mol. The quantitative estimate of drug-likeness (QED) is 0.593.